The third-order valence-electron chi connectivity index (χ3n) is 3.09. The molecule has 0 bridgehead atoms. The Hall–Kier alpha value is -1.86. The number of benzene rings is 2. The minimum absolute atomic E-state index is 0.326. The first kappa shape index (κ1) is 14.5. The Kier molecular flexibility index (Phi) is 4.75. The molecule has 0 heterocycles. The molecule has 0 saturated heterocycles. The summed E-state index contributed by atoms with van der Waals surface area (Å²) in [7, 11) is 1.54. The highest BCUT2D eigenvalue weighted by Crippen LogP contribution is 2.27. The Morgan fingerprint density at radius 1 is 1.25 bits per heavy atom. The number of halogens is 2. The van der Waals surface area contributed by atoms with Gasteiger partial charge in [-0.05, 0) is 47.9 Å². The zero-order chi connectivity index (χ0) is 14.5. The summed E-state index contributed by atoms with van der Waals surface area (Å²) >= 11 is 3.36. The van der Waals surface area contributed by atoms with Gasteiger partial charge in [0.25, 0.3) is 0 Å². The van der Waals surface area contributed by atoms with Crippen LogP contribution in [-0.2, 0) is 6.42 Å². The van der Waals surface area contributed by atoms with E-state index in [0.29, 0.717) is 17.7 Å². The first-order chi connectivity index (χ1) is 9.63. The molecule has 1 unspecified atom stereocenters. The average Bonchev–Trinajstić information content (AvgIpc) is 2.46. The minimum Gasteiger partial charge on any atom is -0.496 e. The number of hydrogen-bond acceptors (Lipinski definition) is 2. The predicted molar refractivity (Wildman–Crippen MR) is 79.2 cm³/mol. The number of rotatable bonds is 4. The Labute approximate surface area is 125 Å². The number of nitriles is 1. The van der Waals surface area contributed by atoms with Crippen molar-refractivity contribution < 1.29 is 9.13 Å². The molecular weight excluding hydrogens is 321 g/mol. The molecule has 0 saturated carbocycles. The lowest BCUT2D eigenvalue weighted by atomic mass is 9.93. The zero-order valence-electron chi connectivity index (χ0n) is 10.9. The highest BCUT2D eigenvalue weighted by Gasteiger charge is 2.15. The maximum Gasteiger partial charge on any atom is 0.123 e. The number of ether oxygens (including phenoxy) is 1. The molecular formula is C16H13BrFNO. The molecule has 4 heteroatoms. The minimum atomic E-state index is -0.334. The fourth-order valence-corrected chi connectivity index (χ4v) is 2.32. The van der Waals surface area contributed by atoms with Crippen LogP contribution in [0.2, 0.25) is 0 Å². The van der Waals surface area contributed by atoms with Crippen LogP contribution in [0.5, 0.6) is 5.75 Å². The Morgan fingerprint density at radius 2 is 1.95 bits per heavy atom. The molecule has 0 aliphatic heterocycles. The van der Waals surface area contributed by atoms with E-state index in [-0.39, 0.29) is 11.7 Å². The van der Waals surface area contributed by atoms with Crippen LogP contribution in [0.1, 0.15) is 17.0 Å². The summed E-state index contributed by atoms with van der Waals surface area (Å²) in [5.74, 6) is -0.0594. The third-order valence-corrected chi connectivity index (χ3v) is 3.62. The molecule has 0 fully saturated rings. The summed E-state index contributed by atoms with van der Waals surface area (Å²) in [5.41, 5.74) is 1.60. The number of hydrogen-bond donors (Lipinski definition) is 0. The number of methoxy groups -OCH3 is 1. The van der Waals surface area contributed by atoms with Gasteiger partial charge >= 0.3 is 0 Å². The molecule has 2 aromatic carbocycles. The van der Waals surface area contributed by atoms with Crippen molar-refractivity contribution in [3.8, 4) is 11.8 Å². The van der Waals surface area contributed by atoms with Crippen molar-refractivity contribution in [3.63, 3.8) is 0 Å². The van der Waals surface area contributed by atoms with E-state index in [1.54, 1.807) is 6.07 Å². The maximum atomic E-state index is 13.3. The van der Waals surface area contributed by atoms with E-state index < -0.39 is 0 Å². The lowest BCUT2D eigenvalue weighted by Crippen LogP contribution is -2.03. The van der Waals surface area contributed by atoms with Crippen molar-refractivity contribution in [1.29, 1.82) is 5.26 Å². The van der Waals surface area contributed by atoms with Crippen molar-refractivity contribution in [3.05, 3.63) is 63.9 Å². The first-order valence-electron chi connectivity index (χ1n) is 6.11. The number of nitrogens with zero attached hydrogens (tertiary/aromatic N) is 1. The average molecular weight is 334 g/mol. The summed E-state index contributed by atoms with van der Waals surface area (Å²) < 4.78 is 19.5. The molecule has 0 spiro atoms. The highest BCUT2D eigenvalue weighted by molar-refractivity contribution is 9.10. The van der Waals surface area contributed by atoms with Gasteiger partial charge in [0.15, 0.2) is 0 Å². The molecule has 20 heavy (non-hydrogen) atoms. The fourth-order valence-electron chi connectivity index (χ4n) is 2.06. The molecule has 0 aromatic heterocycles. The van der Waals surface area contributed by atoms with E-state index in [1.807, 2.05) is 24.3 Å². The first-order valence-corrected chi connectivity index (χ1v) is 6.91. The van der Waals surface area contributed by atoms with Crippen LogP contribution in [0.3, 0.4) is 0 Å². The van der Waals surface area contributed by atoms with Crippen LogP contribution in [-0.4, -0.2) is 7.11 Å². The summed E-state index contributed by atoms with van der Waals surface area (Å²) in [5, 5.41) is 9.35. The lowest BCUT2D eigenvalue weighted by Gasteiger charge is -2.13. The second kappa shape index (κ2) is 6.53. The molecule has 2 nitrogen and oxygen atoms in total. The van der Waals surface area contributed by atoms with Crippen molar-refractivity contribution in [2.75, 3.05) is 7.11 Å². The van der Waals surface area contributed by atoms with Crippen molar-refractivity contribution in [2.24, 2.45) is 0 Å². The topological polar surface area (TPSA) is 33.0 Å². The SMILES string of the molecule is COc1ccc(F)cc1CC(C#N)c1ccc(Br)cc1. The molecule has 0 radical (unpaired) electrons. The van der Waals surface area contributed by atoms with E-state index in [1.165, 1.54) is 19.2 Å². The van der Waals surface area contributed by atoms with Crippen LogP contribution < -0.4 is 4.74 Å². The van der Waals surface area contributed by atoms with Gasteiger partial charge < -0.3 is 4.74 Å². The second-order valence-corrected chi connectivity index (χ2v) is 5.31. The van der Waals surface area contributed by atoms with Gasteiger partial charge in [0, 0.05) is 4.47 Å². The van der Waals surface area contributed by atoms with Gasteiger partial charge in [-0.2, -0.15) is 5.26 Å². The van der Waals surface area contributed by atoms with E-state index in [0.717, 1.165) is 10.0 Å². The zero-order valence-corrected chi connectivity index (χ0v) is 12.5. The van der Waals surface area contributed by atoms with Crippen molar-refractivity contribution >= 4 is 15.9 Å². The fraction of sp³-hybridized carbons (Fsp3) is 0.188. The Morgan fingerprint density at radius 3 is 2.55 bits per heavy atom. The molecule has 0 aliphatic carbocycles. The standard InChI is InChI=1S/C16H13BrFNO/c1-20-16-7-6-15(18)9-12(16)8-13(10-19)11-2-4-14(17)5-3-11/h2-7,9,13H,8H2,1H3. The van der Waals surface area contributed by atoms with Crippen molar-refractivity contribution in [2.45, 2.75) is 12.3 Å². The lowest BCUT2D eigenvalue weighted by molar-refractivity contribution is 0.407. The highest BCUT2D eigenvalue weighted by atomic mass is 79.9. The van der Waals surface area contributed by atoms with Gasteiger partial charge in [0.1, 0.15) is 11.6 Å². The van der Waals surface area contributed by atoms with Gasteiger partial charge in [0.2, 0.25) is 0 Å². The Balaban J connectivity index is 2.29. The van der Waals surface area contributed by atoms with Gasteiger partial charge in [-0.15, -0.1) is 0 Å². The molecule has 102 valence electrons. The molecule has 2 rings (SSSR count). The third kappa shape index (κ3) is 3.37. The smallest absolute Gasteiger partial charge is 0.123 e. The van der Waals surface area contributed by atoms with Crippen LogP contribution in [0.4, 0.5) is 4.39 Å². The molecule has 0 N–H and O–H groups in total. The van der Waals surface area contributed by atoms with E-state index >= 15 is 0 Å². The van der Waals surface area contributed by atoms with E-state index in [4.69, 9.17) is 4.74 Å². The summed E-state index contributed by atoms with van der Waals surface area (Å²) in [6, 6.07) is 14.2. The van der Waals surface area contributed by atoms with E-state index in [2.05, 4.69) is 22.0 Å². The van der Waals surface area contributed by atoms with Crippen molar-refractivity contribution in [1.82, 2.24) is 0 Å². The van der Waals surface area contributed by atoms with Gasteiger partial charge in [-0.3, -0.25) is 0 Å². The van der Waals surface area contributed by atoms with E-state index in [9.17, 15) is 9.65 Å². The second-order valence-electron chi connectivity index (χ2n) is 4.39. The monoisotopic (exact) mass is 333 g/mol. The Bertz CT molecular complexity index is 634. The van der Waals surface area contributed by atoms with Gasteiger partial charge in [-0.25, -0.2) is 4.39 Å². The summed E-state index contributed by atoms with van der Waals surface area (Å²) in [6.07, 6.45) is 0.416. The van der Waals surface area contributed by atoms with Gasteiger partial charge in [-0.1, -0.05) is 28.1 Å². The molecule has 2 aromatic rings. The maximum absolute atomic E-state index is 13.3. The quantitative estimate of drug-likeness (QED) is 0.828. The predicted octanol–water partition coefficient (Wildman–Crippen LogP) is 4.45. The van der Waals surface area contributed by atoms with Crippen LogP contribution in [0.25, 0.3) is 0 Å². The van der Waals surface area contributed by atoms with Crippen LogP contribution in [0.15, 0.2) is 46.9 Å². The van der Waals surface area contributed by atoms with Crippen LogP contribution >= 0.6 is 15.9 Å². The normalized spacial score (nSPS) is 11.7. The largest absolute Gasteiger partial charge is 0.496 e. The van der Waals surface area contributed by atoms with Crippen LogP contribution in [0, 0.1) is 17.1 Å². The molecule has 0 aliphatic rings. The molecule has 0 amide bonds. The summed E-state index contributed by atoms with van der Waals surface area (Å²) in [6.45, 7) is 0. The molecule has 1 atom stereocenters. The van der Waals surface area contributed by atoms with Gasteiger partial charge in [0.05, 0.1) is 19.1 Å². The summed E-state index contributed by atoms with van der Waals surface area (Å²) in [4.78, 5) is 0.